The summed E-state index contributed by atoms with van der Waals surface area (Å²) in [6.07, 6.45) is 1.74. The van der Waals surface area contributed by atoms with Gasteiger partial charge in [0.25, 0.3) is 0 Å². The topological polar surface area (TPSA) is 57.7 Å². The molecular weight excluding hydrogens is 513 g/mol. The van der Waals surface area contributed by atoms with Crippen LogP contribution in [0.2, 0.25) is 0 Å². The van der Waals surface area contributed by atoms with Gasteiger partial charge in [0.2, 0.25) is 0 Å². The number of rotatable bonds is 7. The average molecular weight is 544 g/mol. The Kier molecular flexibility index (Phi) is 10.1. The van der Waals surface area contributed by atoms with E-state index in [-0.39, 0.29) is 47.7 Å². The molecule has 2 aromatic carbocycles. The summed E-state index contributed by atoms with van der Waals surface area (Å²) in [5.74, 6) is -0.367. The maximum Gasteiger partial charge on any atom is 0.191 e. The lowest BCUT2D eigenvalue weighted by atomic mass is 9.88. The predicted molar refractivity (Wildman–Crippen MR) is 131 cm³/mol. The molecule has 1 fully saturated rings. The molecular formula is C23H31F2IN4O. The van der Waals surface area contributed by atoms with Gasteiger partial charge < -0.3 is 20.7 Å². The Morgan fingerprint density at radius 3 is 2.48 bits per heavy atom. The Morgan fingerprint density at radius 1 is 1.10 bits per heavy atom. The molecule has 0 radical (unpaired) electrons. The largest absolute Gasteiger partial charge is 0.381 e. The van der Waals surface area contributed by atoms with Crippen LogP contribution in [0.5, 0.6) is 0 Å². The second-order valence-corrected chi connectivity index (χ2v) is 7.68. The molecule has 1 aliphatic heterocycles. The van der Waals surface area contributed by atoms with Crippen molar-refractivity contribution in [2.45, 2.75) is 37.9 Å². The highest BCUT2D eigenvalue weighted by molar-refractivity contribution is 14.0. The van der Waals surface area contributed by atoms with Crippen LogP contribution in [0.4, 0.5) is 8.78 Å². The van der Waals surface area contributed by atoms with E-state index in [1.807, 2.05) is 18.2 Å². The van der Waals surface area contributed by atoms with Gasteiger partial charge in [-0.05, 0) is 43.5 Å². The smallest absolute Gasteiger partial charge is 0.191 e. The molecule has 31 heavy (non-hydrogen) atoms. The van der Waals surface area contributed by atoms with E-state index < -0.39 is 11.6 Å². The summed E-state index contributed by atoms with van der Waals surface area (Å²) in [5, 5.41) is 10.2. The molecule has 3 N–H and O–H groups in total. The van der Waals surface area contributed by atoms with Crippen LogP contribution in [0.15, 0.2) is 53.5 Å². The molecule has 0 spiro atoms. The number of nitrogens with zero attached hydrogens (tertiary/aromatic N) is 1. The van der Waals surface area contributed by atoms with E-state index in [1.54, 1.807) is 7.05 Å². The highest BCUT2D eigenvalue weighted by Gasteiger charge is 2.34. The van der Waals surface area contributed by atoms with E-state index in [4.69, 9.17) is 4.74 Å². The molecule has 1 atom stereocenters. The Balaban J connectivity index is 0.00000341. The Labute approximate surface area is 200 Å². The second-order valence-electron chi connectivity index (χ2n) is 7.68. The van der Waals surface area contributed by atoms with E-state index >= 15 is 0 Å². The van der Waals surface area contributed by atoms with E-state index in [0.717, 1.165) is 25.0 Å². The summed E-state index contributed by atoms with van der Waals surface area (Å²) >= 11 is 0. The van der Waals surface area contributed by atoms with Crippen LogP contribution in [-0.4, -0.2) is 38.3 Å². The minimum atomic E-state index is -0.462. The number of nitrogens with one attached hydrogen (secondary N) is 3. The molecule has 1 heterocycles. The first-order chi connectivity index (χ1) is 14.5. The number of ether oxygens (including phenoxy) is 1. The van der Waals surface area contributed by atoms with Gasteiger partial charge in [-0.25, -0.2) is 8.78 Å². The van der Waals surface area contributed by atoms with Gasteiger partial charge >= 0.3 is 0 Å². The third-order valence-corrected chi connectivity index (χ3v) is 5.54. The number of aliphatic imine (C=N–C) groups is 1. The number of benzene rings is 2. The number of guanidine groups is 1. The molecule has 0 amide bonds. The first kappa shape index (κ1) is 25.5. The van der Waals surface area contributed by atoms with E-state index in [1.165, 1.54) is 11.6 Å². The molecule has 0 aromatic heterocycles. The van der Waals surface area contributed by atoms with Gasteiger partial charge in [0, 0.05) is 50.5 Å². The van der Waals surface area contributed by atoms with Gasteiger partial charge in [-0.15, -0.1) is 24.0 Å². The van der Waals surface area contributed by atoms with Crippen LogP contribution in [0, 0.1) is 11.6 Å². The van der Waals surface area contributed by atoms with Crippen molar-refractivity contribution in [3.63, 3.8) is 0 Å². The van der Waals surface area contributed by atoms with Crippen molar-refractivity contribution >= 4 is 29.9 Å². The molecule has 0 aliphatic carbocycles. The summed E-state index contributed by atoms with van der Waals surface area (Å²) in [4.78, 5) is 4.23. The molecule has 1 saturated heterocycles. The maximum atomic E-state index is 13.9. The molecule has 1 unspecified atom stereocenters. The maximum absolute atomic E-state index is 13.9. The minimum Gasteiger partial charge on any atom is -0.381 e. The number of hydrogen-bond donors (Lipinski definition) is 3. The Morgan fingerprint density at radius 2 is 1.81 bits per heavy atom. The lowest BCUT2D eigenvalue weighted by molar-refractivity contribution is 0.0355. The van der Waals surface area contributed by atoms with Crippen LogP contribution in [0.25, 0.3) is 0 Å². The fraction of sp³-hybridized carbons (Fsp3) is 0.435. The lowest BCUT2D eigenvalue weighted by Crippen LogP contribution is -2.58. The molecule has 0 bridgehead atoms. The van der Waals surface area contributed by atoms with E-state index in [2.05, 4.69) is 40.0 Å². The van der Waals surface area contributed by atoms with Crippen molar-refractivity contribution < 1.29 is 13.5 Å². The quantitative estimate of drug-likeness (QED) is 0.279. The van der Waals surface area contributed by atoms with Gasteiger partial charge in [0.1, 0.15) is 11.6 Å². The summed E-state index contributed by atoms with van der Waals surface area (Å²) in [7, 11) is 1.66. The average Bonchev–Trinajstić information content (AvgIpc) is 2.77. The minimum absolute atomic E-state index is 0. The fourth-order valence-corrected chi connectivity index (χ4v) is 3.75. The lowest BCUT2D eigenvalue weighted by Gasteiger charge is -2.41. The molecule has 2 aromatic rings. The van der Waals surface area contributed by atoms with Crippen LogP contribution in [-0.2, 0) is 11.3 Å². The summed E-state index contributed by atoms with van der Waals surface area (Å²) in [5.41, 5.74) is 1.33. The zero-order chi connectivity index (χ0) is 21.4. The van der Waals surface area contributed by atoms with Gasteiger partial charge in [-0.2, -0.15) is 0 Å². The molecule has 0 saturated carbocycles. The van der Waals surface area contributed by atoms with E-state index in [0.29, 0.717) is 25.7 Å². The highest BCUT2D eigenvalue weighted by atomic mass is 127. The Hall–Kier alpha value is -1.78. The molecule has 3 rings (SSSR count). The molecule has 1 aliphatic rings. The third kappa shape index (κ3) is 7.40. The number of hydrogen-bond acceptors (Lipinski definition) is 3. The summed E-state index contributed by atoms with van der Waals surface area (Å²) in [6, 6.07) is 14.0. The van der Waals surface area contributed by atoms with Crippen molar-refractivity contribution in [1.82, 2.24) is 16.0 Å². The van der Waals surface area contributed by atoms with Gasteiger partial charge in [-0.1, -0.05) is 30.3 Å². The monoisotopic (exact) mass is 544 g/mol. The summed E-state index contributed by atoms with van der Waals surface area (Å²) < 4.78 is 32.9. The van der Waals surface area contributed by atoms with E-state index in [9.17, 15) is 8.78 Å². The van der Waals surface area contributed by atoms with Gasteiger partial charge in [0.15, 0.2) is 5.96 Å². The fourth-order valence-electron chi connectivity index (χ4n) is 3.75. The van der Waals surface area contributed by atoms with Crippen molar-refractivity contribution in [2.24, 2.45) is 4.99 Å². The first-order valence-electron chi connectivity index (χ1n) is 10.3. The standard InChI is InChI=1S/C23H30F2N4O.HI/c1-17(18-6-4-3-5-7-18)29-23(10-12-30-13-11-23)16-28-22(26-2)27-15-19-14-20(24)8-9-21(19)25;/h3-9,14,17,29H,10-13,15-16H2,1-2H3,(H2,26,27,28);1H. The molecule has 170 valence electrons. The molecule has 8 heteroatoms. The van der Waals surface area contributed by atoms with Crippen molar-refractivity contribution in [3.8, 4) is 0 Å². The van der Waals surface area contributed by atoms with Crippen LogP contribution < -0.4 is 16.0 Å². The summed E-state index contributed by atoms with van der Waals surface area (Å²) in [6.45, 7) is 4.33. The zero-order valence-electron chi connectivity index (χ0n) is 18.0. The normalized spacial score (nSPS) is 16.8. The van der Waals surface area contributed by atoms with Crippen molar-refractivity contribution in [1.29, 1.82) is 0 Å². The number of halogens is 3. The highest BCUT2D eigenvalue weighted by Crippen LogP contribution is 2.25. The SMILES string of the molecule is CN=C(NCc1cc(F)ccc1F)NCC1(NC(C)c2ccccc2)CCOCC1.I. The third-order valence-electron chi connectivity index (χ3n) is 5.54. The van der Waals surface area contributed by atoms with Crippen molar-refractivity contribution in [2.75, 3.05) is 26.8 Å². The second kappa shape index (κ2) is 12.3. The van der Waals surface area contributed by atoms with Crippen LogP contribution >= 0.6 is 24.0 Å². The predicted octanol–water partition coefficient (Wildman–Crippen LogP) is 4.15. The van der Waals surface area contributed by atoms with Crippen LogP contribution in [0.1, 0.15) is 36.9 Å². The van der Waals surface area contributed by atoms with Crippen LogP contribution in [0.3, 0.4) is 0 Å². The van der Waals surface area contributed by atoms with Gasteiger partial charge in [0.05, 0.1) is 0 Å². The van der Waals surface area contributed by atoms with Crippen molar-refractivity contribution in [3.05, 3.63) is 71.3 Å². The first-order valence-corrected chi connectivity index (χ1v) is 10.3. The zero-order valence-corrected chi connectivity index (χ0v) is 20.3. The van der Waals surface area contributed by atoms with Gasteiger partial charge in [-0.3, -0.25) is 4.99 Å². The molecule has 5 nitrogen and oxygen atoms in total. The Bertz CT molecular complexity index is 845.